The molecule has 0 aromatic heterocycles. The van der Waals surface area contributed by atoms with E-state index in [9.17, 15) is 5.11 Å². The molecule has 1 saturated carbocycles. The molecule has 1 aromatic rings. The van der Waals surface area contributed by atoms with Gasteiger partial charge in [0.05, 0.1) is 6.61 Å². The van der Waals surface area contributed by atoms with Gasteiger partial charge in [-0.05, 0) is 30.9 Å². The van der Waals surface area contributed by atoms with Gasteiger partial charge in [0.25, 0.3) is 0 Å². The molecule has 0 saturated heterocycles. The van der Waals surface area contributed by atoms with Crippen molar-refractivity contribution in [3.63, 3.8) is 0 Å². The quantitative estimate of drug-likeness (QED) is 0.718. The van der Waals surface area contributed by atoms with Gasteiger partial charge in [0, 0.05) is 24.6 Å². The Morgan fingerprint density at radius 1 is 1.33 bits per heavy atom. The lowest BCUT2D eigenvalue weighted by molar-refractivity contribution is 0.133. The molecule has 0 aliphatic heterocycles. The molecule has 1 aliphatic rings. The SMILES string of the molecule is CC(C)NC1(CO)CCC(Oc2ccccc2CCO)C1. The highest BCUT2D eigenvalue weighted by atomic mass is 16.5. The number of aliphatic hydroxyl groups excluding tert-OH is 2. The molecule has 0 heterocycles. The largest absolute Gasteiger partial charge is 0.490 e. The van der Waals surface area contributed by atoms with Gasteiger partial charge < -0.3 is 20.3 Å². The van der Waals surface area contributed by atoms with E-state index in [1.807, 2.05) is 24.3 Å². The van der Waals surface area contributed by atoms with Gasteiger partial charge in [-0.3, -0.25) is 0 Å². The van der Waals surface area contributed by atoms with Gasteiger partial charge in [0.2, 0.25) is 0 Å². The van der Waals surface area contributed by atoms with Crippen LogP contribution in [0.15, 0.2) is 24.3 Å². The minimum absolute atomic E-state index is 0.114. The lowest BCUT2D eigenvalue weighted by atomic mass is 9.97. The van der Waals surface area contributed by atoms with E-state index in [1.54, 1.807) is 0 Å². The number of hydrogen-bond acceptors (Lipinski definition) is 4. The predicted octanol–water partition coefficient (Wildman–Crippen LogP) is 1.88. The normalized spacial score (nSPS) is 25.5. The monoisotopic (exact) mass is 293 g/mol. The molecule has 118 valence electrons. The zero-order chi connectivity index (χ0) is 15.3. The van der Waals surface area contributed by atoms with Crippen molar-refractivity contribution in [2.75, 3.05) is 13.2 Å². The summed E-state index contributed by atoms with van der Waals surface area (Å²) in [7, 11) is 0. The molecule has 1 aliphatic carbocycles. The van der Waals surface area contributed by atoms with Gasteiger partial charge >= 0.3 is 0 Å². The van der Waals surface area contributed by atoms with Crippen molar-refractivity contribution < 1.29 is 14.9 Å². The summed E-state index contributed by atoms with van der Waals surface area (Å²) in [5.74, 6) is 0.856. The van der Waals surface area contributed by atoms with Gasteiger partial charge in [-0.1, -0.05) is 32.0 Å². The number of nitrogens with one attached hydrogen (secondary N) is 1. The van der Waals surface area contributed by atoms with E-state index >= 15 is 0 Å². The molecule has 0 bridgehead atoms. The maximum absolute atomic E-state index is 9.74. The third kappa shape index (κ3) is 4.19. The van der Waals surface area contributed by atoms with E-state index in [2.05, 4.69) is 19.2 Å². The maximum atomic E-state index is 9.74. The summed E-state index contributed by atoms with van der Waals surface area (Å²) in [6, 6.07) is 8.21. The van der Waals surface area contributed by atoms with Crippen LogP contribution < -0.4 is 10.1 Å². The molecule has 4 nitrogen and oxygen atoms in total. The molecule has 1 aromatic carbocycles. The first-order valence-corrected chi connectivity index (χ1v) is 7.82. The Morgan fingerprint density at radius 3 is 2.76 bits per heavy atom. The first-order chi connectivity index (χ1) is 10.1. The van der Waals surface area contributed by atoms with Crippen LogP contribution in [0.3, 0.4) is 0 Å². The summed E-state index contributed by atoms with van der Waals surface area (Å²) in [5.41, 5.74) is 0.823. The van der Waals surface area contributed by atoms with E-state index in [1.165, 1.54) is 0 Å². The first kappa shape index (κ1) is 16.3. The van der Waals surface area contributed by atoms with Crippen molar-refractivity contribution >= 4 is 0 Å². The third-order valence-corrected chi connectivity index (χ3v) is 4.11. The highest BCUT2D eigenvalue weighted by molar-refractivity contribution is 5.33. The van der Waals surface area contributed by atoms with Gasteiger partial charge in [-0.25, -0.2) is 0 Å². The molecule has 4 heteroatoms. The first-order valence-electron chi connectivity index (χ1n) is 7.82. The zero-order valence-corrected chi connectivity index (χ0v) is 13.0. The van der Waals surface area contributed by atoms with Crippen LogP contribution in [0.4, 0.5) is 0 Å². The summed E-state index contributed by atoms with van der Waals surface area (Å²) in [6.45, 7) is 4.47. The van der Waals surface area contributed by atoms with Crippen molar-refractivity contribution in [2.24, 2.45) is 0 Å². The summed E-state index contributed by atoms with van der Waals surface area (Å²) in [6.07, 6.45) is 3.40. The van der Waals surface area contributed by atoms with E-state index in [-0.39, 0.29) is 24.9 Å². The number of rotatable bonds is 7. The molecule has 1 fully saturated rings. The third-order valence-electron chi connectivity index (χ3n) is 4.11. The van der Waals surface area contributed by atoms with Gasteiger partial charge in [0.1, 0.15) is 11.9 Å². The summed E-state index contributed by atoms with van der Waals surface area (Å²) < 4.78 is 6.14. The molecule has 2 atom stereocenters. The summed E-state index contributed by atoms with van der Waals surface area (Å²) in [4.78, 5) is 0. The molecule has 2 rings (SSSR count). The number of para-hydroxylation sites is 1. The fourth-order valence-electron chi connectivity index (χ4n) is 3.24. The average Bonchev–Trinajstić information content (AvgIpc) is 2.84. The Kier molecular flexibility index (Phi) is 5.62. The highest BCUT2D eigenvalue weighted by Crippen LogP contribution is 2.34. The Balaban J connectivity index is 2.02. The minimum atomic E-state index is -0.218. The Morgan fingerprint density at radius 2 is 2.10 bits per heavy atom. The second-order valence-electron chi connectivity index (χ2n) is 6.30. The number of benzene rings is 1. The highest BCUT2D eigenvalue weighted by Gasteiger charge is 2.40. The van der Waals surface area contributed by atoms with Crippen molar-refractivity contribution in [3.05, 3.63) is 29.8 Å². The molecule has 2 unspecified atom stereocenters. The van der Waals surface area contributed by atoms with Crippen LogP contribution in [0.25, 0.3) is 0 Å². The summed E-state index contributed by atoms with van der Waals surface area (Å²) >= 11 is 0. The number of aliphatic hydroxyl groups is 2. The Labute approximate surface area is 127 Å². The van der Waals surface area contributed by atoms with Gasteiger partial charge in [0.15, 0.2) is 0 Å². The smallest absolute Gasteiger partial charge is 0.122 e. The van der Waals surface area contributed by atoms with Crippen LogP contribution in [0.5, 0.6) is 5.75 Å². The van der Waals surface area contributed by atoms with E-state index in [4.69, 9.17) is 9.84 Å². The minimum Gasteiger partial charge on any atom is -0.490 e. The van der Waals surface area contributed by atoms with Crippen molar-refractivity contribution in [1.82, 2.24) is 5.32 Å². The van der Waals surface area contributed by atoms with Gasteiger partial charge in [-0.2, -0.15) is 0 Å². The predicted molar refractivity (Wildman–Crippen MR) is 83.6 cm³/mol. The molecule has 3 N–H and O–H groups in total. The van der Waals surface area contributed by atoms with Crippen molar-refractivity contribution in [3.8, 4) is 5.75 Å². The number of hydrogen-bond donors (Lipinski definition) is 3. The lowest BCUT2D eigenvalue weighted by Crippen LogP contribution is -2.50. The second-order valence-corrected chi connectivity index (χ2v) is 6.30. The van der Waals surface area contributed by atoms with Crippen LogP contribution in [-0.2, 0) is 6.42 Å². The standard InChI is InChI=1S/C17H27NO3/c1-13(2)18-17(12-20)9-7-15(11-17)21-16-6-4-3-5-14(16)8-10-19/h3-6,13,15,18-20H,7-12H2,1-2H3. The molecule has 0 radical (unpaired) electrons. The van der Waals surface area contributed by atoms with Crippen molar-refractivity contribution in [1.29, 1.82) is 0 Å². The number of ether oxygens (including phenoxy) is 1. The van der Waals surface area contributed by atoms with Crippen LogP contribution in [0.1, 0.15) is 38.7 Å². The van der Waals surface area contributed by atoms with Gasteiger partial charge in [-0.15, -0.1) is 0 Å². The van der Waals surface area contributed by atoms with Crippen LogP contribution >= 0.6 is 0 Å². The van der Waals surface area contributed by atoms with Crippen LogP contribution in [0.2, 0.25) is 0 Å². The van der Waals surface area contributed by atoms with E-state index < -0.39 is 0 Å². The summed E-state index contributed by atoms with van der Waals surface area (Å²) in [5, 5.41) is 22.4. The lowest BCUT2D eigenvalue weighted by Gasteiger charge is -2.31. The molecule has 0 amide bonds. The Bertz CT molecular complexity index is 449. The van der Waals surface area contributed by atoms with Crippen LogP contribution in [0, 0.1) is 0 Å². The zero-order valence-electron chi connectivity index (χ0n) is 13.0. The fraction of sp³-hybridized carbons (Fsp3) is 0.647. The fourth-order valence-corrected chi connectivity index (χ4v) is 3.24. The van der Waals surface area contributed by atoms with E-state index in [0.717, 1.165) is 30.6 Å². The van der Waals surface area contributed by atoms with Crippen molar-refractivity contribution in [2.45, 2.75) is 57.2 Å². The molecular weight excluding hydrogens is 266 g/mol. The molecular formula is C17H27NO3. The average molecular weight is 293 g/mol. The topological polar surface area (TPSA) is 61.7 Å². The molecule has 0 spiro atoms. The van der Waals surface area contributed by atoms with Crippen LogP contribution in [-0.4, -0.2) is 41.1 Å². The molecule has 21 heavy (non-hydrogen) atoms. The van der Waals surface area contributed by atoms with E-state index in [0.29, 0.717) is 12.5 Å². The maximum Gasteiger partial charge on any atom is 0.122 e. The second kappa shape index (κ2) is 7.25. The Hall–Kier alpha value is -1.10.